The fourth-order valence-electron chi connectivity index (χ4n) is 0.466. The maximum absolute atomic E-state index is 10.2. The van der Waals surface area contributed by atoms with Crippen molar-refractivity contribution in [3.05, 3.63) is 0 Å². The van der Waals surface area contributed by atoms with Crippen LogP contribution in [0.2, 0.25) is 0 Å². The maximum Gasteiger partial charge on any atom is 0.134 e. The van der Waals surface area contributed by atoms with Crippen molar-refractivity contribution >= 4 is 17.7 Å². The molecule has 0 rings (SSSR count). The van der Waals surface area contributed by atoms with Gasteiger partial charge in [0.25, 0.3) is 0 Å². The first-order chi connectivity index (χ1) is 5.07. The molecule has 0 aliphatic rings. The lowest BCUT2D eigenvalue weighted by atomic mass is 10.4. The number of carbonyl (C=O) groups is 1. The Morgan fingerprint density at radius 3 is 2.64 bits per heavy atom. The molecule has 3 N–H and O–H groups in total. The number of hydrogen-bond donors (Lipinski definition) is 1. The van der Waals surface area contributed by atoms with E-state index in [1.807, 2.05) is 0 Å². The van der Waals surface area contributed by atoms with Crippen molar-refractivity contribution in [3.8, 4) is 0 Å². The van der Waals surface area contributed by atoms with Crippen LogP contribution in [0.3, 0.4) is 0 Å². The number of carboxylic acid groups (broad SMARTS) is 1. The fraction of sp³-hybridized carbons (Fsp3) is 0.857. The zero-order chi connectivity index (χ0) is 8.85. The van der Waals surface area contributed by atoms with E-state index in [0.717, 1.165) is 6.42 Å². The molecular formula is C7H15NO2S. The summed E-state index contributed by atoms with van der Waals surface area (Å²) in [6.45, 7) is 4.15. The van der Waals surface area contributed by atoms with Gasteiger partial charge in [-0.15, -0.1) is 0 Å². The maximum atomic E-state index is 10.2. The first kappa shape index (κ1) is 10.8. The van der Waals surface area contributed by atoms with Gasteiger partial charge in [-0.1, -0.05) is 13.8 Å². The van der Waals surface area contributed by atoms with Crippen molar-refractivity contribution in [3.63, 3.8) is 0 Å². The monoisotopic (exact) mass is 177 g/mol. The van der Waals surface area contributed by atoms with Gasteiger partial charge < -0.3 is 15.6 Å². The van der Waals surface area contributed by atoms with Crippen LogP contribution in [0.4, 0.5) is 0 Å². The highest BCUT2D eigenvalue weighted by Crippen LogP contribution is 2.12. The van der Waals surface area contributed by atoms with E-state index in [1.54, 1.807) is 11.8 Å². The summed E-state index contributed by atoms with van der Waals surface area (Å²) in [7, 11) is 0. The van der Waals surface area contributed by atoms with E-state index >= 15 is 0 Å². The predicted molar refractivity (Wildman–Crippen MR) is 43.9 cm³/mol. The first-order valence-electron chi connectivity index (χ1n) is 3.73. The Morgan fingerprint density at radius 1 is 1.73 bits per heavy atom. The summed E-state index contributed by atoms with van der Waals surface area (Å²) in [6, 6.07) is -0.575. The smallest absolute Gasteiger partial charge is 0.134 e. The average molecular weight is 177 g/mol. The minimum absolute atomic E-state index is 0.513. The Balaban J connectivity index is 3.45. The minimum Gasteiger partial charge on any atom is -0.544 e. The third-order valence-electron chi connectivity index (χ3n) is 1.49. The van der Waals surface area contributed by atoms with Gasteiger partial charge in [-0.2, -0.15) is 11.8 Å². The lowest BCUT2D eigenvalue weighted by Gasteiger charge is -2.11. The highest BCUT2D eigenvalue weighted by Gasteiger charge is 2.08. The predicted octanol–water partition coefficient (Wildman–Crippen LogP) is -1.12. The summed E-state index contributed by atoms with van der Waals surface area (Å²) in [5, 5.41) is 10.7. The second kappa shape index (κ2) is 5.43. The van der Waals surface area contributed by atoms with E-state index in [2.05, 4.69) is 19.6 Å². The molecule has 2 unspecified atom stereocenters. The second-order valence-corrected chi connectivity index (χ2v) is 4.04. The molecule has 0 aliphatic heterocycles. The minimum atomic E-state index is -1.05. The number of carboxylic acids is 1. The summed E-state index contributed by atoms with van der Waals surface area (Å²) < 4.78 is 0. The summed E-state index contributed by atoms with van der Waals surface area (Å²) >= 11 is 1.63. The summed E-state index contributed by atoms with van der Waals surface area (Å²) in [6.07, 6.45) is 1.06. The van der Waals surface area contributed by atoms with Crippen LogP contribution < -0.4 is 10.8 Å². The molecule has 11 heavy (non-hydrogen) atoms. The van der Waals surface area contributed by atoms with Crippen molar-refractivity contribution in [1.29, 1.82) is 0 Å². The molecule has 3 nitrogen and oxygen atoms in total. The van der Waals surface area contributed by atoms with Gasteiger partial charge in [0.15, 0.2) is 0 Å². The molecule has 0 aliphatic carbocycles. The SMILES string of the molecule is CCC(C)SCC([NH3+])C(=O)[O-]. The lowest BCUT2D eigenvalue weighted by Crippen LogP contribution is -2.69. The van der Waals surface area contributed by atoms with Gasteiger partial charge in [-0.05, 0) is 6.42 Å². The van der Waals surface area contributed by atoms with Crippen LogP contribution in [0.1, 0.15) is 20.3 Å². The molecule has 0 heterocycles. The van der Waals surface area contributed by atoms with E-state index < -0.39 is 12.0 Å². The molecule has 0 saturated heterocycles. The molecule has 0 aromatic carbocycles. The molecule has 4 heteroatoms. The molecule has 0 aromatic heterocycles. The molecular weight excluding hydrogens is 162 g/mol. The Labute approximate surface area is 71.3 Å². The van der Waals surface area contributed by atoms with E-state index in [9.17, 15) is 9.90 Å². The van der Waals surface area contributed by atoms with Gasteiger partial charge in [0, 0.05) is 5.25 Å². The number of carbonyl (C=O) groups excluding carboxylic acids is 1. The van der Waals surface area contributed by atoms with Crippen molar-refractivity contribution in [2.75, 3.05) is 5.75 Å². The number of rotatable bonds is 5. The standard InChI is InChI=1S/C7H15NO2S/c1-3-5(2)11-4-6(8)7(9)10/h5-6H,3-4,8H2,1-2H3,(H,9,10). The van der Waals surface area contributed by atoms with Crippen molar-refractivity contribution < 1.29 is 15.6 Å². The molecule has 0 fully saturated rings. The summed E-state index contributed by atoms with van der Waals surface area (Å²) in [5.74, 6) is -0.502. The van der Waals surface area contributed by atoms with Crippen LogP contribution in [-0.2, 0) is 4.79 Å². The van der Waals surface area contributed by atoms with Crippen LogP contribution in [0, 0.1) is 0 Å². The molecule has 0 radical (unpaired) electrons. The van der Waals surface area contributed by atoms with Gasteiger partial charge in [0.05, 0.1) is 11.7 Å². The normalized spacial score (nSPS) is 15.9. The molecule has 66 valence electrons. The topological polar surface area (TPSA) is 67.8 Å². The molecule has 0 bridgehead atoms. The Morgan fingerprint density at radius 2 is 2.27 bits per heavy atom. The average Bonchev–Trinajstić information content (AvgIpc) is 1.99. The molecule has 2 atom stereocenters. The quantitative estimate of drug-likeness (QED) is 0.578. The van der Waals surface area contributed by atoms with Gasteiger partial charge in [-0.25, -0.2) is 0 Å². The molecule has 0 aromatic rings. The van der Waals surface area contributed by atoms with Gasteiger partial charge in [0.2, 0.25) is 0 Å². The van der Waals surface area contributed by atoms with E-state index in [-0.39, 0.29) is 0 Å². The molecule has 0 amide bonds. The fourth-order valence-corrected chi connectivity index (χ4v) is 1.40. The third kappa shape index (κ3) is 5.09. The van der Waals surface area contributed by atoms with Crippen molar-refractivity contribution in [2.24, 2.45) is 0 Å². The van der Waals surface area contributed by atoms with Crippen molar-refractivity contribution in [1.82, 2.24) is 0 Å². The van der Waals surface area contributed by atoms with Crippen LogP contribution >= 0.6 is 11.8 Å². The van der Waals surface area contributed by atoms with E-state index in [0.29, 0.717) is 11.0 Å². The first-order valence-corrected chi connectivity index (χ1v) is 4.78. The van der Waals surface area contributed by atoms with E-state index in [4.69, 9.17) is 0 Å². The highest BCUT2D eigenvalue weighted by molar-refractivity contribution is 7.99. The summed E-state index contributed by atoms with van der Waals surface area (Å²) in [4.78, 5) is 10.2. The van der Waals surface area contributed by atoms with Crippen LogP contribution in [0.25, 0.3) is 0 Å². The van der Waals surface area contributed by atoms with Crippen LogP contribution in [0.15, 0.2) is 0 Å². The molecule has 0 saturated carbocycles. The number of hydrogen-bond acceptors (Lipinski definition) is 3. The Bertz CT molecular complexity index is 130. The van der Waals surface area contributed by atoms with Crippen molar-refractivity contribution in [2.45, 2.75) is 31.6 Å². The number of quaternary nitrogens is 1. The molecule has 0 spiro atoms. The van der Waals surface area contributed by atoms with Crippen LogP contribution in [-0.4, -0.2) is 23.0 Å². The van der Waals surface area contributed by atoms with Gasteiger partial charge >= 0.3 is 0 Å². The largest absolute Gasteiger partial charge is 0.544 e. The Kier molecular flexibility index (Phi) is 5.32. The lowest BCUT2D eigenvalue weighted by molar-refractivity contribution is -0.431. The van der Waals surface area contributed by atoms with Crippen LogP contribution in [0.5, 0.6) is 0 Å². The zero-order valence-corrected chi connectivity index (χ0v) is 7.82. The second-order valence-electron chi connectivity index (χ2n) is 2.57. The number of thioether (sulfide) groups is 1. The zero-order valence-electron chi connectivity index (χ0n) is 7.00. The van der Waals surface area contributed by atoms with Gasteiger partial charge in [-0.3, -0.25) is 0 Å². The number of aliphatic carboxylic acids is 1. The van der Waals surface area contributed by atoms with Gasteiger partial charge in [0.1, 0.15) is 6.04 Å². The Hall–Kier alpha value is -0.220. The highest BCUT2D eigenvalue weighted by atomic mass is 32.2. The third-order valence-corrected chi connectivity index (χ3v) is 2.99. The van der Waals surface area contributed by atoms with E-state index in [1.165, 1.54) is 0 Å². The summed E-state index contributed by atoms with van der Waals surface area (Å²) in [5.41, 5.74) is 3.46.